The Morgan fingerprint density at radius 2 is 1.92 bits per heavy atom. The molecular formula is C21H24N2O2. The van der Waals surface area contributed by atoms with Crippen molar-refractivity contribution in [1.82, 2.24) is 4.90 Å². The number of carbonyl (C=O) groups is 2. The number of nitrogens with zero attached hydrogens (tertiary/aromatic N) is 1. The van der Waals surface area contributed by atoms with Gasteiger partial charge in [0.15, 0.2) is 0 Å². The van der Waals surface area contributed by atoms with Gasteiger partial charge in [-0.25, -0.2) is 0 Å². The van der Waals surface area contributed by atoms with Crippen LogP contribution >= 0.6 is 0 Å². The molecule has 1 fully saturated rings. The van der Waals surface area contributed by atoms with Crippen LogP contribution in [0.2, 0.25) is 0 Å². The van der Waals surface area contributed by atoms with E-state index in [9.17, 15) is 9.59 Å². The van der Waals surface area contributed by atoms with Gasteiger partial charge in [-0.05, 0) is 30.0 Å². The van der Waals surface area contributed by atoms with Gasteiger partial charge in [-0.15, -0.1) is 0 Å². The highest BCUT2D eigenvalue weighted by molar-refractivity contribution is 5.98. The molecule has 2 amide bonds. The predicted molar refractivity (Wildman–Crippen MR) is 99.2 cm³/mol. The van der Waals surface area contributed by atoms with Crippen LogP contribution in [-0.2, 0) is 22.6 Å². The highest BCUT2D eigenvalue weighted by Crippen LogP contribution is 2.25. The van der Waals surface area contributed by atoms with Crippen molar-refractivity contribution in [3.05, 3.63) is 65.2 Å². The third-order valence-electron chi connectivity index (χ3n) is 4.79. The molecule has 130 valence electrons. The van der Waals surface area contributed by atoms with Gasteiger partial charge in [0, 0.05) is 25.2 Å². The molecule has 1 aliphatic heterocycles. The summed E-state index contributed by atoms with van der Waals surface area (Å²) in [5.74, 6) is -0.307. The van der Waals surface area contributed by atoms with E-state index in [0.29, 0.717) is 13.1 Å². The maximum absolute atomic E-state index is 12.7. The van der Waals surface area contributed by atoms with E-state index in [0.717, 1.165) is 28.8 Å². The number of para-hydroxylation sites is 1. The third-order valence-corrected chi connectivity index (χ3v) is 4.79. The van der Waals surface area contributed by atoms with Crippen LogP contribution in [0.25, 0.3) is 0 Å². The molecule has 0 saturated carbocycles. The number of amides is 2. The smallest absolute Gasteiger partial charge is 0.229 e. The van der Waals surface area contributed by atoms with Crippen molar-refractivity contribution in [3.63, 3.8) is 0 Å². The Bertz CT molecular complexity index is 771. The Labute approximate surface area is 148 Å². The Balaban J connectivity index is 1.67. The number of carbonyl (C=O) groups excluding carboxylic acids is 2. The first-order chi connectivity index (χ1) is 12.1. The maximum Gasteiger partial charge on any atom is 0.229 e. The van der Waals surface area contributed by atoms with Crippen molar-refractivity contribution >= 4 is 17.5 Å². The van der Waals surface area contributed by atoms with E-state index >= 15 is 0 Å². The fourth-order valence-electron chi connectivity index (χ4n) is 3.33. The molecule has 25 heavy (non-hydrogen) atoms. The summed E-state index contributed by atoms with van der Waals surface area (Å²) in [5, 5.41) is 3.06. The Kier molecular flexibility index (Phi) is 5.17. The van der Waals surface area contributed by atoms with Crippen molar-refractivity contribution in [1.29, 1.82) is 0 Å². The topological polar surface area (TPSA) is 49.4 Å². The molecule has 0 bridgehead atoms. The van der Waals surface area contributed by atoms with Gasteiger partial charge in [0.2, 0.25) is 11.8 Å². The summed E-state index contributed by atoms with van der Waals surface area (Å²) in [6.07, 6.45) is 1.15. The Hall–Kier alpha value is -2.62. The lowest BCUT2D eigenvalue weighted by Crippen LogP contribution is -2.28. The van der Waals surface area contributed by atoms with E-state index in [4.69, 9.17) is 0 Å². The first kappa shape index (κ1) is 17.2. The second-order valence-corrected chi connectivity index (χ2v) is 6.61. The fraction of sp³-hybridized carbons (Fsp3) is 0.333. The van der Waals surface area contributed by atoms with Gasteiger partial charge in [-0.1, -0.05) is 55.5 Å². The molecule has 1 aliphatic rings. The quantitative estimate of drug-likeness (QED) is 0.908. The lowest BCUT2D eigenvalue weighted by molar-refractivity contribution is -0.128. The normalized spacial score (nSPS) is 17.0. The van der Waals surface area contributed by atoms with Crippen molar-refractivity contribution in [2.24, 2.45) is 5.92 Å². The molecule has 0 unspecified atom stereocenters. The highest BCUT2D eigenvalue weighted by atomic mass is 16.2. The molecule has 1 heterocycles. The van der Waals surface area contributed by atoms with Crippen LogP contribution in [0, 0.1) is 12.8 Å². The highest BCUT2D eigenvalue weighted by Gasteiger charge is 2.34. The molecule has 2 aromatic carbocycles. The summed E-state index contributed by atoms with van der Waals surface area (Å²) in [6, 6.07) is 15.9. The molecule has 4 nitrogen and oxygen atoms in total. The number of hydrogen-bond acceptors (Lipinski definition) is 2. The molecule has 3 rings (SSSR count). The minimum absolute atomic E-state index is 0.0458. The molecule has 1 atom stereocenters. The number of hydrogen-bond donors (Lipinski definition) is 1. The van der Waals surface area contributed by atoms with Crippen molar-refractivity contribution in [2.75, 3.05) is 11.9 Å². The van der Waals surface area contributed by atoms with E-state index in [1.165, 1.54) is 0 Å². The molecular weight excluding hydrogens is 312 g/mol. The lowest BCUT2D eigenvalue weighted by atomic mass is 10.0. The summed E-state index contributed by atoms with van der Waals surface area (Å²) in [6.45, 7) is 5.11. The van der Waals surface area contributed by atoms with E-state index < -0.39 is 0 Å². The zero-order valence-corrected chi connectivity index (χ0v) is 14.8. The monoisotopic (exact) mass is 336 g/mol. The zero-order valence-electron chi connectivity index (χ0n) is 14.8. The van der Waals surface area contributed by atoms with Gasteiger partial charge in [-0.3, -0.25) is 9.59 Å². The van der Waals surface area contributed by atoms with Gasteiger partial charge in [0.25, 0.3) is 0 Å². The van der Waals surface area contributed by atoms with Crippen molar-refractivity contribution in [3.8, 4) is 0 Å². The maximum atomic E-state index is 12.7. The van der Waals surface area contributed by atoms with E-state index in [2.05, 4.69) is 12.2 Å². The van der Waals surface area contributed by atoms with Gasteiger partial charge in [0.1, 0.15) is 0 Å². The van der Waals surface area contributed by atoms with Crippen molar-refractivity contribution < 1.29 is 9.59 Å². The molecule has 2 aromatic rings. The zero-order chi connectivity index (χ0) is 17.8. The van der Waals surface area contributed by atoms with Crippen LogP contribution < -0.4 is 5.32 Å². The van der Waals surface area contributed by atoms with Gasteiger partial charge in [-0.2, -0.15) is 0 Å². The number of nitrogens with one attached hydrogen (secondary N) is 1. The summed E-state index contributed by atoms with van der Waals surface area (Å²) >= 11 is 0. The minimum atomic E-state index is -0.291. The molecule has 1 N–H and O–H groups in total. The average Bonchev–Trinajstić information content (AvgIpc) is 2.98. The Morgan fingerprint density at radius 1 is 1.16 bits per heavy atom. The fourth-order valence-corrected chi connectivity index (χ4v) is 3.33. The SMILES string of the molecule is CCc1cccc(C)c1NC(=O)[C@H]1CC(=O)N(Cc2ccccc2)C1. The average molecular weight is 336 g/mol. The molecule has 0 aromatic heterocycles. The standard InChI is InChI=1S/C21H24N2O2/c1-3-17-11-7-8-15(2)20(17)22-21(25)18-12-19(24)23(14-18)13-16-9-5-4-6-10-16/h4-11,18H,3,12-14H2,1-2H3,(H,22,25)/t18-/m0/s1. The first-order valence-electron chi connectivity index (χ1n) is 8.79. The van der Waals surface area contributed by atoms with Crippen LogP contribution in [-0.4, -0.2) is 23.3 Å². The summed E-state index contributed by atoms with van der Waals surface area (Å²) in [5.41, 5.74) is 4.16. The van der Waals surface area contributed by atoms with Crippen LogP contribution in [0.15, 0.2) is 48.5 Å². The summed E-state index contributed by atoms with van der Waals surface area (Å²) in [7, 11) is 0. The molecule has 0 spiro atoms. The first-order valence-corrected chi connectivity index (χ1v) is 8.79. The Morgan fingerprint density at radius 3 is 2.64 bits per heavy atom. The third kappa shape index (κ3) is 3.90. The number of rotatable bonds is 5. The number of anilines is 1. The number of likely N-dealkylation sites (tertiary alicyclic amines) is 1. The lowest BCUT2D eigenvalue weighted by Gasteiger charge is -2.18. The second-order valence-electron chi connectivity index (χ2n) is 6.61. The van der Waals surface area contributed by atoms with E-state index in [1.807, 2.05) is 55.5 Å². The van der Waals surface area contributed by atoms with Gasteiger partial charge >= 0.3 is 0 Å². The molecule has 1 saturated heterocycles. The number of benzene rings is 2. The molecule has 0 radical (unpaired) electrons. The van der Waals surface area contributed by atoms with Crippen LogP contribution in [0.1, 0.15) is 30.0 Å². The van der Waals surface area contributed by atoms with Crippen molar-refractivity contribution in [2.45, 2.75) is 33.2 Å². The minimum Gasteiger partial charge on any atom is -0.338 e. The van der Waals surface area contributed by atoms with E-state index in [1.54, 1.807) is 4.90 Å². The van der Waals surface area contributed by atoms with Gasteiger partial charge < -0.3 is 10.2 Å². The van der Waals surface area contributed by atoms with Gasteiger partial charge in [0.05, 0.1) is 5.92 Å². The number of aryl methyl sites for hydroxylation is 2. The van der Waals surface area contributed by atoms with Crippen LogP contribution in [0.3, 0.4) is 0 Å². The predicted octanol–water partition coefficient (Wildman–Crippen LogP) is 3.54. The summed E-state index contributed by atoms with van der Waals surface area (Å²) in [4.78, 5) is 26.7. The molecule has 4 heteroatoms. The van der Waals surface area contributed by atoms with Crippen LogP contribution in [0.4, 0.5) is 5.69 Å². The second kappa shape index (κ2) is 7.51. The largest absolute Gasteiger partial charge is 0.338 e. The molecule has 0 aliphatic carbocycles. The van der Waals surface area contributed by atoms with E-state index in [-0.39, 0.29) is 24.2 Å². The van der Waals surface area contributed by atoms with Crippen LogP contribution in [0.5, 0.6) is 0 Å². The summed E-state index contributed by atoms with van der Waals surface area (Å²) < 4.78 is 0.